The number of nitrogens with one attached hydrogen (secondary N) is 1. The van der Waals surface area contributed by atoms with Crippen LogP contribution in [0, 0.1) is 5.41 Å². The second-order valence-electron chi connectivity index (χ2n) is 5.31. The predicted molar refractivity (Wildman–Crippen MR) is 63.3 cm³/mol. The highest BCUT2D eigenvalue weighted by molar-refractivity contribution is 5.54. The number of aliphatic hydroxyl groups excluding tert-OH is 1. The van der Waals surface area contributed by atoms with E-state index < -0.39 is 23.3 Å². The summed E-state index contributed by atoms with van der Waals surface area (Å²) >= 11 is 0. The Labute approximate surface area is 104 Å². The summed E-state index contributed by atoms with van der Waals surface area (Å²) in [5.41, 5.74) is -0.990. The Morgan fingerprint density at radius 2 is 1.89 bits per heavy atom. The Balaban J connectivity index is 2.21. The van der Waals surface area contributed by atoms with Crippen LogP contribution in [0.25, 0.3) is 0 Å². The summed E-state index contributed by atoms with van der Waals surface area (Å²) < 4.78 is 38.4. The van der Waals surface area contributed by atoms with Gasteiger partial charge in [0.2, 0.25) is 0 Å². The summed E-state index contributed by atoms with van der Waals surface area (Å²) in [6, 6.07) is 5.28. The van der Waals surface area contributed by atoms with Gasteiger partial charge in [-0.1, -0.05) is 26.0 Å². The zero-order valence-corrected chi connectivity index (χ0v) is 10.3. The average Bonchev–Trinajstić information content (AvgIpc) is 2.28. The van der Waals surface area contributed by atoms with Crippen LogP contribution in [-0.4, -0.2) is 17.3 Å². The van der Waals surface area contributed by atoms with E-state index in [0.717, 1.165) is 6.07 Å². The number of halogens is 3. The molecule has 2 N–H and O–H groups in total. The van der Waals surface area contributed by atoms with E-state index in [1.54, 1.807) is 6.07 Å². The molecule has 2 atom stereocenters. The van der Waals surface area contributed by atoms with Crippen molar-refractivity contribution in [3.8, 4) is 0 Å². The third-order valence-corrected chi connectivity index (χ3v) is 3.78. The molecule has 0 spiro atoms. The molecule has 0 saturated heterocycles. The molecule has 1 fully saturated rings. The second-order valence-corrected chi connectivity index (χ2v) is 5.31. The summed E-state index contributed by atoms with van der Waals surface area (Å²) in [7, 11) is 0. The maximum atomic E-state index is 12.8. The van der Waals surface area contributed by atoms with E-state index in [1.807, 2.05) is 13.8 Å². The van der Waals surface area contributed by atoms with E-state index in [1.165, 1.54) is 12.1 Å². The third kappa shape index (κ3) is 2.19. The molecule has 0 aliphatic heterocycles. The molecule has 2 rings (SSSR count). The van der Waals surface area contributed by atoms with E-state index >= 15 is 0 Å². The van der Waals surface area contributed by atoms with E-state index in [9.17, 15) is 18.3 Å². The number of para-hydroxylation sites is 1. The molecule has 0 amide bonds. The lowest BCUT2D eigenvalue weighted by Gasteiger charge is -2.50. The fourth-order valence-electron chi connectivity index (χ4n) is 2.19. The van der Waals surface area contributed by atoms with Crippen molar-refractivity contribution in [2.24, 2.45) is 5.41 Å². The van der Waals surface area contributed by atoms with Gasteiger partial charge in [-0.05, 0) is 18.6 Å². The number of alkyl halides is 3. The molecular formula is C13H16F3NO. The van der Waals surface area contributed by atoms with Gasteiger partial charge in [-0.25, -0.2) is 0 Å². The van der Waals surface area contributed by atoms with Crippen LogP contribution in [0.2, 0.25) is 0 Å². The molecule has 1 aromatic carbocycles. The summed E-state index contributed by atoms with van der Waals surface area (Å²) in [6.45, 7) is 3.68. The molecule has 1 aliphatic carbocycles. The van der Waals surface area contributed by atoms with Crippen LogP contribution in [0.1, 0.15) is 25.8 Å². The fraction of sp³-hybridized carbons (Fsp3) is 0.538. The lowest BCUT2D eigenvalue weighted by molar-refractivity contribution is -0.137. The van der Waals surface area contributed by atoms with Crippen molar-refractivity contribution in [2.75, 3.05) is 5.32 Å². The molecule has 1 saturated carbocycles. The van der Waals surface area contributed by atoms with Gasteiger partial charge >= 0.3 is 6.18 Å². The van der Waals surface area contributed by atoms with Gasteiger partial charge in [0.1, 0.15) is 0 Å². The molecule has 0 heterocycles. The van der Waals surface area contributed by atoms with Crippen molar-refractivity contribution >= 4 is 5.69 Å². The lowest BCUT2D eigenvalue weighted by Crippen LogP contribution is -2.57. The molecule has 2 nitrogen and oxygen atoms in total. The third-order valence-electron chi connectivity index (χ3n) is 3.78. The topological polar surface area (TPSA) is 32.3 Å². The SMILES string of the molecule is CC1(C)C(O)CC1Nc1ccccc1C(F)(F)F. The number of aliphatic hydroxyl groups is 1. The summed E-state index contributed by atoms with van der Waals surface area (Å²) in [4.78, 5) is 0. The minimum atomic E-state index is -4.36. The van der Waals surface area contributed by atoms with Crippen LogP contribution in [-0.2, 0) is 6.18 Å². The van der Waals surface area contributed by atoms with Gasteiger partial charge in [-0.2, -0.15) is 13.2 Å². The van der Waals surface area contributed by atoms with Crippen LogP contribution in [0.3, 0.4) is 0 Å². The maximum absolute atomic E-state index is 12.8. The van der Waals surface area contributed by atoms with Gasteiger partial charge in [-0.3, -0.25) is 0 Å². The van der Waals surface area contributed by atoms with Crippen molar-refractivity contribution < 1.29 is 18.3 Å². The minimum Gasteiger partial charge on any atom is -0.392 e. The van der Waals surface area contributed by atoms with Gasteiger partial charge in [0.15, 0.2) is 0 Å². The highest BCUT2D eigenvalue weighted by Crippen LogP contribution is 2.44. The first-order chi connectivity index (χ1) is 8.23. The number of rotatable bonds is 2. The van der Waals surface area contributed by atoms with Crippen molar-refractivity contribution in [3.05, 3.63) is 29.8 Å². The number of benzene rings is 1. The fourth-order valence-corrected chi connectivity index (χ4v) is 2.19. The molecule has 1 aliphatic rings. The van der Waals surface area contributed by atoms with Crippen LogP contribution >= 0.6 is 0 Å². The molecule has 100 valence electrons. The molecule has 0 aromatic heterocycles. The zero-order valence-electron chi connectivity index (χ0n) is 10.3. The normalized spacial score (nSPS) is 26.6. The second kappa shape index (κ2) is 4.16. The molecule has 0 bridgehead atoms. The summed E-state index contributed by atoms with van der Waals surface area (Å²) in [5.74, 6) is 0. The Morgan fingerprint density at radius 3 is 2.39 bits per heavy atom. The minimum absolute atomic E-state index is 0.0787. The quantitative estimate of drug-likeness (QED) is 0.854. The number of anilines is 1. The zero-order chi connectivity index (χ0) is 13.6. The Morgan fingerprint density at radius 1 is 1.28 bits per heavy atom. The van der Waals surface area contributed by atoms with Crippen LogP contribution in [0.5, 0.6) is 0 Å². The van der Waals surface area contributed by atoms with E-state index in [-0.39, 0.29) is 11.7 Å². The van der Waals surface area contributed by atoms with Gasteiger partial charge in [0.25, 0.3) is 0 Å². The van der Waals surface area contributed by atoms with Crippen LogP contribution in [0.4, 0.5) is 18.9 Å². The Hall–Kier alpha value is -1.23. The largest absolute Gasteiger partial charge is 0.418 e. The van der Waals surface area contributed by atoms with E-state index in [4.69, 9.17) is 0 Å². The molecule has 1 aromatic rings. The lowest BCUT2D eigenvalue weighted by atomic mass is 9.64. The van der Waals surface area contributed by atoms with Gasteiger partial charge in [0, 0.05) is 17.1 Å². The highest BCUT2D eigenvalue weighted by atomic mass is 19.4. The van der Waals surface area contributed by atoms with Crippen LogP contribution in [0.15, 0.2) is 24.3 Å². The van der Waals surface area contributed by atoms with Gasteiger partial charge < -0.3 is 10.4 Å². The van der Waals surface area contributed by atoms with E-state index in [0.29, 0.717) is 6.42 Å². The van der Waals surface area contributed by atoms with Crippen molar-refractivity contribution in [1.29, 1.82) is 0 Å². The van der Waals surface area contributed by atoms with E-state index in [2.05, 4.69) is 5.32 Å². The van der Waals surface area contributed by atoms with Crippen molar-refractivity contribution in [1.82, 2.24) is 0 Å². The van der Waals surface area contributed by atoms with Crippen LogP contribution < -0.4 is 5.32 Å². The van der Waals surface area contributed by atoms with Crippen molar-refractivity contribution in [3.63, 3.8) is 0 Å². The summed E-state index contributed by atoms with van der Waals surface area (Å²) in [5, 5.41) is 12.5. The first-order valence-electron chi connectivity index (χ1n) is 5.84. The average molecular weight is 259 g/mol. The number of hydrogen-bond donors (Lipinski definition) is 2. The first-order valence-corrected chi connectivity index (χ1v) is 5.84. The molecule has 5 heteroatoms. The van der Waals surface area contributed by atoms with Gasteiger partial charge in [-0.15, -0.1) is 0 Å². The first kappa shape index (κ1) is 13.2. The maximum Gasteiger partial charge on any atom is 0.418 e. The number of hydrogen-bond acceptors (Lipinski definition) is 2. The molecule has 2 unspecified atom stereocenters. The molecular weight excluding hydrogens is 243 g/mol. The summed E-state index contributed by atoms with van der Waals surface area (Å²) in [6.07, 6.45) is -4.36. The Bertz CT molecular complexity index is 442. The Kier molecular flexibility index (Phi) is 3.05. The highest BCUT2D eigenvalue weighted by Gasteiger charge is 2.48. The smallest absolute Gasteiger partial charge is 0.392 e. The molecule has 18 heavy (non-hydrogen) atoms. The monoisotopic (exact) mass is 259 g/mol. The molecule has 0 radical (unpaired) electrons. The van der Waals surface area contributed by atoms with Gasteiger partial charge in [0.05, 0.1) is 11.7 Å². The van der Waals surface area contributed by atoms with Crippen molar-refractivity contribution in [2.45, 2.75) is 38.6 Å². The standard InChI is InChI=1S/C13H16F3NO/c1-12(2)10(7-11(12)18)17-9-6-4-3-5-8(9)13(14,15)16/h3-6,10-11,17-18H,7H2,1-2H3. The predicted octanol–water partition coefficient (Wildman–Crippen LogP) is 3.28.